The van der Waals surface area contributed by atoms with Gasteiger partial charge in [0.15, 0.2) is 5.69 Å². The van der Waals surface area contributed by atoms with Crippen LogP contribution in [0.3, 0.4) is 0 Å². The Kier molecular flexibility index (Phi) is 4.50. The van der Waals surface area contributed by atoms with Gasteiger partial charge in [-0.3, -0.25) is 4.79 Å². The highest BCUT2D eigenvalue weighted by atomic mass is 16.5. The maximum atomic E-state index is 11.0. The zero-order chi connectivity index (χ0) is 15.2. The molecular weight excluding hydrogens is 278 g/mol. The molecule has 0 bridgehead atoms. The Morgan fingerprint density at radius 2 is 1.90 bits per heavy atom. The molecule has 0 aliphatic carbocycles. The third kappa shape index (κ3) is 3.78. The maximum Gasteiger partial charge on any atom is 0.358 e. The second-order valence-electron chi connectivity index (χ2n) is 4.15. The van der Waals surface area contributed by atoms with Gasteiger partial charge in [0.1, 0.15) is 12.3 Å². The first kappa shape index (κ1) is 14.5. The molecule has 0 atom stereocenters. The molecule has 1 heterocycles. The Hall–Kier alpha value is -2.90. The van der Waals surface area contributed by atoms with Crippen LogP contribution in [0.15, 0.2) is 30.3 Å². The summed E-state index contributed by atoms with van der Waals surface area (Å²) in [6.07, 6.45) is 0.191. The molecule has 8 nitrogen and oxygen atoms in total. The highest BCUT2D eigenvalue weighted by molar-refractivity contribution is 5.86. The number of carboxylic acid groups (broad SMARTS) is 2. The number of para-hydroxylation sites is 1. The third-order valence-corrected chi connectivity index (χ3v) is 2.68. The summed E-state index contributed by atoms with van der Waals surface area (Å²) in [5, 5.41) is 24.8. The van der Waals surface area contributed by atoms with E-state index in [2.05, 4.69) is 10.3 Å². The molecule has 2 rings (SSSR count). The summed E-state index contributed by atoms with van der Waals surface area (Å²) >= 11 is 0. The molecule has 110 valence electrons. The molecule has 8 heteroatoms. The number of ether oxygens (including phenoxy) is 1. The van der Waals surface area contributed by atoms with Gasteiger partial charge >= 0.3 is 11.9 Å². The molecule has 2 N–H and O–H groups in total. The Labute approximate surface area is 119 Å². The smallest absolute Gasteiger partial charge is 0.358 e. The van der Waals surface area contributed by atoms with Crippen LogP contribution in [0.5, 0.6) is 5.75 Å². The number of nitrogens with zero attached hydrogens (tertiary/aromatic N) is 3. The monoisotopic (exact) mass is 291 g/mol. The fraction of sp³-hybridized carbons (Fsp3) is 0.231. The molecule has 21 heavy (non-hydrogen) atoms. The average Bonchev–Trinajstić information content (AvgIpc) is 2.82. The lowest BCUT2D eigenvalue weighted by Gasteiger charge is -2.07. The molecule has 2 aromatic rings. The van der Waals surface area contributed by atoms with Crippen LogP contribution in [-0.4, -0.2) is 43.8 Å². The van der Waals surface area contributed by atoms with Gasteiger partial charge in [-0.15, -0.1) is 5.10 Å². The number of carbonyl (C=O) groups is 2. The van der Waals surface area contributed by atoms with E-state index < -0.39 is 18.5 Å². The van der Waals surface area contributed by atoms with Crippen LogP contribution < -0.4 is 4.74 Å². The molecular formula is C13H13N3O5. The molecule has 0 amide bonds. The second kappa shape index (κ2) is 6.51. The number of benzene rings is 1. The quantitative estimate of drug-likeness (QED) is 0.770. The second-order valence-corrected chi connectivity index (χ2v) is 4.15. The summed E-state index contributed by atoms with van der Waals surface area (Å²) < 4.78 is 6.52. The van der Waals surface area contributed by atoms with E-state index in [1.54, 1.807) is 12.1 Å². The van der Waals surface area contributed by atoms with Gasteiger partial charge in [-0.05, 0) is 12.1 Å². The minimum absolute atomic E-state index is 0.191. The van der Waals surface area contributed by atoms with Crippen LogP contribution in [0, 0.1) is 0 Å². The van der Waals surface area contributed by atoms with E-state index in [1.807, 2.05) is 18.2 Å². The Morgan fingerprint density at radius 1 is 1.19 bits per heavy atom. The van der Waals surface area contributed by atoms with Crippen molar-refractivity contribution in [1.29, 1.82) is 0 Å². The fourth-order valence-electron chi connectivity index (χ4n) is 1.78. The summed E-state index contributed by atoms with van der Waals surface area (Å²) in [5.41, 5.74) is -0.0336. The highest BCUT2D eigenvalue weighted by Crippen LogP contribution is 2.11. The van der Waals surface area contributed by atoms with Crippen molar-refractivity contribution in [2.24, 2.45) is 0 Å². The van der Waals surface area contributed by atoms with Crippen LogP contribution in [0.2, 0.25) is 0 Å². The third-order valence-electron chi connectivity index (χ3n) is 2.68. The van der Waals surface area contributed by atoms with E-state index in [-0.39, 0.29) is 24.4 Å². The molecule has 0 saturated carbocycles. The first-order valence-electron chi connectivity index (χ1n) is 6.13. The predicted octanol–water partition coefficient (Wildman–Crippen LogP) is 0.682. The fourth-order valence-corrected chi connectivity index (χ4v) is 1.78. The predicted molar refractivity (Wildman–Crippen MR) is 70.3 cm³/mol. The number of hydrogen-bond donors (Lipinski definition) is 2. The van der Waals surface area contributed by atoms with Gasteiger partial charge in [0, 0.05) is 6.42 Å². The van der Waals surface area contributed by atoms with Crippen molar-refractivity contribution in [1.82, 2.24) is 15.0 Å². The Morgan fingerprint density at radius 3 is 2.52 bits per heavy atom. The first-order chi connectivity index (χ1) is 10.1. The molecule has 1 aromatic heterocycles. The van der Waals surface area contributed by atoms with Gasteiger partial charge < -0.3 is 14.9 Å². The van der Waals surface area contributed by atoms with E-state index in [1.165, 1.54) is 0 Å². The van der Waals surface area contributed by atoms with E-state index in [9.17, 15) is 9.59 Å². The molecule has 0 unspecified atom stereocenters. The lowest BCUT2D eigenvalue weighted by atomic mass is 10.2. The van der Waals surface area contributed by atoms with Crippen LogP contribution in [0.25, 0.3) is 0 Å². The lowest BCUT2D eigenvalue weighted by molar-refractivity contribution is -0.138. The highest BCUT2D eigenvalue weighted by Gasteiger charge is 2.20. The molecule has 0 aliphatic heterocycles. The molecule has 0 spiro atoms. The lowest BCUT2D eigenvalue weighted by Crippen LogP contribution is -2.16. The van der Waals surface area contributed by atoms with E-state index in [4.69, 9.17) is 14.9 Å². The van der Waals surface area contributed by atoms with Gasteiger partial charge in [0.2, 0.25) is 0 Å². The van der Waals surface area contributed by atoms with Gasteiger partial charge in [-0.2, -0.15) is 0 Å². The van der Waals surface area contributed by atoms with Crippen LogP contribution in [0.1, 0.15) is 16.2 Å². The zero-order valence-electron chi connectivity index (χ0n) is 11.0. The normalized spacial score (nSPS) is 10.3. The minimum Gasteiger partial charge on any atom is -0.493 e. The molecule has 0 fully saturated rings. The Bertz CT molecular complexity index is 639. The number of hydrogen-bond acceptors (Lipinski definition) is 5. The van der Waals surface area contributed by atoms with Crippen molar-refractivity contribution in [3.63, 3.8) is 0 Å². The summed E-state index contributed by atoms with van der Waals surface area (Å²) in [4.78, 5) is 21.8. The van der Waals surface area contributed by atoms with Gasteiger partial charge in [-0.25, -0.2) is 9.48 Å². The minimum atomic E-state index is -1.25. The van der Waals surface area contributed by atoms with Gasteiger partial charge in [0.05, 0.1) is 12.3 Å². The summed E-state index contributed by atoms with van der Waals surface area (Å²) in [5.74, 6) is -1.73. The van der Waals surface area contributed by atoms with Crippen molar-refractivity contribution in [2.75, 3.05) is 6.61 Å². The Balaban J connectivity index is 2.08. The topological polar surface area (TPSA) is 115 Å². The van der Waals surface area contributed by atoms with E-state index in [0.717, 1.165) is 4.68 Å². The number of aliphatic carboxylic acids is 1. The summed E-state index contributed by atoms with van der Waals surface area (Å²) in [6.45, 7) is -0.252. The summed E-state index contributed by atoms with van der Waals surface area (Å²) in [7, 11) is 0. The SMILES string of the molecule is O=C(O)Cn1nnc(C(=O)O)c1CCOc1ccccc1. The van der Waals surface area contributed by atoms with Crippen molar-refractivity contribution in [3.8, 4) is 5.75 Å². The van der Waals surface area contributed by atoms with Crippen LogP contribution >= 0.6 is 0 Å². The summed E-state index contributed by atoms with van der Waals surface area (Å²) in [6, 6.07) is 9.01. The van der Waals surface area contributed by atoms with Gasteiger partial charge in [-0.1, -0.05) is 23.4 Å². The largest absolute Gasteiger partial charge is 0.493 e. The number of carboxylic acids is 2. The first-order valence-corrected chi connectivity index (χ1v) is 6.13. The maximum absolute atomic E-state index is 11.0. The van der Waals surface area contributed by atoms with Crippen molar-refractivity contribution in [3.05, 3.63) is 41.7 Å². The van der Waals surface area contributed by atoms with Crippen LogP contribution in [0.4, 0.5) is 0 Å². The standard InChI is InChI=1S/C13H13N3O5/c17-11(18)8-16-10(12(13(19)20)14-15-16)6-7-21-9-4-2-1-3-5-9/h1-5H,6-8H2,(H,17,18)(H,19,20). The molecule has 0 saturated heterocycles. The molecule has 1 aromatic carbocycles. The average molecular weight is 291 g/mol. The zero-order valence-corrected chi connectivity index (χ0v) is 11.0. The van der Waals surface area contributed by atoms with Crippen molar-refractivity contribution < 1.29 is 24.5 Å². The molecule has 0 radical (unpaired) electrons. The van der Waals surface area contributed by atoms with Crippen molar-refractivity contribution >= 4 is 11.9 Å². The number of rotatable bonds is 7. The number of aromatic nitrogens is 3. The molecule has 0 aliphatic rings. The number of aromatic carboxylic acids is 1. The van der Waals surface area contributed by atoms with Gasteiger partial charge in [0.25, 0.3) is 0 Å². The van der Waals surface area contributed by atoms with Crippen molar-refractivity contribution in [2.45, 2.75) is 13.0 Å². The van der Waals surface area contributed by atoms with Crippen LogP contribution in [-0.2, 0) is 17.8 Å². The van der Waals surface area contributed by atoms with E-state index >= 15 is 0 Å². The van der Waals surface area contributed by atoms with E-state index in [0.29, 0.717) is 5.75 Å².